The fraction of sp³-hybridized carbons (Fsp3) is 0.765. The molecular weight excluding hydrogens is 403 g/mol. The van der Waals surface area contributed by atoms with Gasteiger partial charge in [0.05, 0.1) is 0 Å². The molecule has 1 aromatic heterocycles. The Morgan fingerprint density at radius 3 is 1.50 bits per heavy atom. The van der Waals surface area contributed by atoms with Crippen molar-refractivity contribution in [1.29, 1.82) is 0 Å². The summed E-state index contributed by atoms with van der Waals surface area (Å²) in [6, 6.07) is 2.14. The van der Waals surface area contributed by atoms with E-state index in [2.05, 4.69) is 79.1 Å². The molecule has 1 aromatic rings. The van der Waals surface area contributed by atoms with Crippen molar-refractivity contribution in [1.82, 2.24) is 0 Å². The summed E-state index contributed by atoms with van der Waals surface area (Å²) >= 11 is -2.11. The second kappa shape index (κ2) is 7.09. The van der Waals surface area contributed by atoms with Crippen LogP contribution < -0.4 is 0 Å². The van der Waals surface area contributed by atoms with Crippen LogP contribution in [0.25, 0.3) is 0 Å². The van der Waals surface area contributed by atoms with E-state index in [0.29, 0.717) is 0 Å². The van der Waals surface area contributed by atoms with Crippen LogP contribution >= 0.6 is 11.3 Å². The van der Waals surface area contributed by atoms with Crippen molar-refractivity contribution in [2.75, 3.05) is 0 Å². The van der Waals surface area contributed by atoms with Gasteiger partial charge >= 0.3 is 146 Å². The first-order chi connectivity index (χ1) is 9.70. The van der Waals surface area contributed by atoms with E-state index in [-0.39, 0.29) is 16.8 Å². The van der Waals surface area contributed by atoms with Crippen LogP contribution in [0.2, 0.25) is 0 Å². The number of hydrogen-bond acceptors (Lipinski definition) is 4. The van der Waals surface area contributed by atoms with Crippen LogP contribution in [0.5, 0.6) is 0 Å². The summed E-state index contributed by atoms with van der Waals surface area (Å²) in [5.74, 6) is 0. The summed E-state index contributed by atoms with van der Waals surface area (Å²) in [5.41, 5.74) is 0.381. The van der Waals surface area contributed by atoms with Crippen LogP contribution in [0, 0.1) is 0 Å². The summed E-state index contributed by atoms with van der Waals surface area (Å²) in [7, 11) is 0. The van der Waals surface area contributed by atoms with E-state index in [1.807, 2.05) is 0 Å². The van der Waals surface area contributed by atoms with Gasteiger partial charge in [-0.25, -0.2) is 0 Å². The molecule has 0 amide bonds. The van der Waals surface area contributed by atoms with E-state index in [9.17, 15) is 0 Å². The summed E-state index contributed by atoms with van der Waals surface area (Å²) < 4.78 is 20.3. The van der Waals surface area contributed by atoms with Crippen LogP contribution in [0.3, 0.4) is 0 Å². The molecule has 0 spiro atoms. The molecule has 3 nitrogen and oxygen atoms in total. The molecule has 0 atom stereocenters. The summed E-state index contributed by atoms with van der Waals surface area (Å²) in [6.07, 6.45) is 0. The van der Waals surface area contributed by atoms with Crippen molar-refractivity contribution >= 4 is 31.0 Å². The minimum absolute atomic E-state index is 0.289. The Balaban J connectivity index is 3.20. The van der Waals surface area contributed by atoms with E-state index >= 15 is 0 Å². The first-order valence-electron chi connectivity index (χ1n) is 7.81. The van der Waals surface area contributed by atoms with Crippen LogP contribution in [0.4, 0.5) is 0 Å². The Morgan fingerprint density at radius 1 is 0.818 bits per heavy atom. The zero-order chi connectivity index (χ0) is 17.2. The molecule has 0 radical (unpaired) electrons. The van der Waals surface area contributed by atoms with Gasteiger partial charge in [0.15, 0.2) is 0 Å². The molecule has 0 aliphatic heterocycles. The quantitative estimate of drug-likeness (QED) is 0.595. The maximum atomic E-state index is 6.52. The van der Waals surface area contributed by atoms with Crippen molar-refractivity contribution in [2.24, 2.45) is 0 Å². The average Bonchev–Trinajstić information content (AvgIpc) is 2.59. The third-order valence-electron chi connectivity index (χ3n) is 2.39. The number of rotatable bonds is 5. The molecule has 5 heteroatoms. The summed E-state index contributed by atoms with van der Waals surface area (Å²) in [4.78, 5) is 0. The Kier molecular flexibility index (Phi) is 6.58. The van der Waals surface area contributed by atoms with Gasteiger partial charge < -0.3 is 0 Å². The van der Waals surface area contributed by atoms with E-state index in [4.69, 9.17) is 9.22 Å². The van der Waals surface area contributed by atoms with Gasteiger partial charge in [-0.3, -0.25) is 0 Å². The Bertz CT molecular complexity index is 409. The van der Waals surface area contributed by atoms with Crippen molar-refractivity contribution in [2.45, 2.75) is 83.6 Å². The van der Waals surface area contributed by atoms with Crippen LogP contribution in [-0.4, -0.2) is 36.4 Å². The molecule has 0 N–H and O–H groups in total. The van der Waals surface area contributed by atoms with E-state index in [0.717, 1.165) is 4.44 Å². The van der Waals surface area contributed by atoms with Gasteiger partial charge in [-0.05, 0) is 0 Å². The molecule has 0 bridgehead atoms. The fourth-order valence-corrected chi connectivity index (χ4v) is 14.3. The van der Waals surface area contributed by atoms with Gasteiger partial charge in [-0.15, -0.1) is 0 Å². The molecule has 0 aliphatic carbocycles. The van der Waals surface area contributed by atoms with E-state index in [1.54, 1.807) is 11.3 Å². The molecule has 1 heterocycles. The van der Waals surface area contributed by atoms with Gasteiger partial charge in [0.1, 0.15) is 0 Å². The predicted octanol–water partition coefficient (Wildman–Crippen LogP) is 5.21. The number of thiophene rings is 1. The molecule has 0 saturated carbocycles. The average molecular weight is 435 g/mol. The van der Waals surface area contributed by atoms with E-state index in [1.165, 1.54) is 5.56 Å². The van der Waals surface area contributed by atoms with Crippen LogP contribution in [-0.2, 0) is 13.7 Å². The zero-order valence-electron chi connectivity index (χ0n) is 15.6. The Labute approximate surface area is 145 Å². The van der Waals surface area contributed by atoms with Crippen LogP contribution in [0.1, 0.15) is 67.9 Å². The maximum absolute atomic E-state index is 6.52. The zero-order valence-corrected chi connectivity index (χ0v) is 19.2. The summed E-state index contributed by atoms with van der Waals surface area (Å²) in [6.45, 7) is 18.7. The van der Waals surface area contributed by atoms with Gasteiger partial charge in [0.2, 0.25) is 0 Å². The minimum atomic E-state index is -3.81. The molecule has 0 aromatic carbocycles. The first kappa shape index (κ1) is 20.4. The third kappa shape index (κ3) is 8.29. The van der Waals surface area contributed by atoms with Crippen molar-refractivity contribution in [3.05, 3.63) is 22.4 Å². The van der Waals surface area contributed by atoms with Crippen molar-refractivity contribution in [3.8, 4) is 0 Å². The molecule has 22 heavy (non-hydrogen) atoms. The topological polar surface area (TPSA) is 27.7 Å². The van der Waals surface area contributed by atoms with Crippen molar-refractivity contribution in [3.63, 3.8) is 0 Å². The molecule has 128 valence electrons. The monoisotopic (exact) mass is 436 g/mol. The third-order valence-corrected chi connectivity index (χ3v) is 13.4. The molecular formula is C17H32O3SSn. The second-order valence-corrected chi connectivity index (χ2v) is 16.1. The normalized spacial score (nSPS) is 14.4. The second-order valence-electron chi connectivity index (χ2n) is 8.63. The van der Waals surface area contributed by atoms with Gasteiger partial charge in [0.25, 0.3) is 0 Å². The SMILES string of the molecule is CC(C)(C)[O][Sn]([CH2]c1ccsc1)([O]C(C)(C)C)[O]C(C)(C)C. The Morgan fingerprint density at radius 2 is 1.23 bits per heavy atom. The Hall–Kier alpha value is 0.379. The molecule has 0 unspecified atom stereocenters. The molecule has 0 saturated heterocycles. The molecule has 1 rings (SSSR count). The predicted molar refractivity (Wildman–Crippen MR) is 96.3 cm³/mol. The summed E-state index contributed by atoms with van der Waals surface area (Å²) in [5, 5.41) is 4.26. The van der Waals surface area contributed by atoms with Gasteiger partial charge in [-0.2, -0.15) is 0 Å². The first-order valence-corrected chi connectivity index (χ1v) is 14.3. The fourth-order valence-electron chi connectivity index (χ4n) is 2.21. The van der Waals surface area contributed by atoms with E-state index < -0.39 is 19.6 Å². The number of hydrogen-bond donors (Lipinski definition) is 0. The van der Waals surface area contributed by atoms with Crippen LogP contribution in [0.15, 0.2) is 16.8 Å². The van der Waals surface area contributed by atoms with Crippen molar-refractivity contribution < 1.29 is 9.22 Å². The van der Waals surface area contributed by atoms with Gasteiger partial charge in [-0.1, -0.05) is 0 Å². The standard InChI is InChI=1S/C5H5S.3C4H9O.Sn/c1-5-2-3-6-4-5;3*1-4(2,3)5;/h2-4H,1H2;3*1-3H3;/q;3*-1;+3. The molecule has 0 fully saturated rings. The molecule has 0 aliphatic rings. The van der Waals surface area contributed by atoms with Gasteiger partial charge in [0, 0.05) is 0 Å².